The van der Waals surface area contributed by atoms with Gasteiger partial charge in [0.2, 0.25) is 0 Å². The molecule has 2 rings (SSSR count). The summed E-state index contributed by atoms with van der Waals surface area (Å²) < 4.78 is 0. The van der Waals surface area contributed by atoms with Gasteiger partial charge in [0.25, 0.3) is 11.8 Å². The SMILES string of the molecule is CCN(CC)C(CN1C(=O)C=C(C)C1=O)c1ccccc1. The first-order valence-electron chi connectivity index (χ1n) is 7.41. The van der Waals surface area contributed by atoms with Gasteiger partial charge in [0, 0.05) is 18.2 Å². The van der Waals surface area contributed by atoms with E-state index in [1.54, 1.807) is 6.92 Å². The van der Waals surface area contributed by atoms with Crippen LogP contribution in [0.2, 0.25) is 0 Å². The number of rotatable bonds is 6. The lowest BCUT2D eigenvalue weighted by molar-refractivity contribution is -0.138. The molecular weight excluding hydrogens is 264 g/mol. The highest BCUT2D eigenvalue weighted by Crippen LogP contribution is 2.24. The van der Waals surface area contributed by atoms with Gasteiger partial charge in [-0.15, -0.1) is 0 Å². The molecule has 1 heterocycles. The van der Waals surface area contributed by atoms with Crippen LogP contribution in [0, 0.1) is 0 Å². The van der Waals surface area contributed by atoms with Crippen LogP contribution in [-0.4, -0.2) is 41.2 Å². The van der Waals surface area contributed by atoms with E-state index in [0.29, 0.717) is 12.1 Å². The molecule has 4 heteroatoms. The molecule has 1 unspecified atom stereocenters. The van der Waals surface area contributed by atoms with Crippen molar-refractivity contribution in [2.45, 2.75) is 26.8 Å². The second-order valence-electron chi connectivity index (χ2n) is 5.23. The number of nitrogens with zero attached hydrogens (tertiary/aromatic N) is 2. The van der Waals surface area contributed by atoms with Crippen molar-refractivity contribution in [3.8, 4) is 0 Å². The van der Waals surface area contributed by atoms with Crippen LogP contribution in [-0.2, 0) is 9.59 Å². The Morgan fingerprint density at radius 1 is 1.10 bits per heavy atom. The van der Waals surface area contributed by atoms with Crippen LogP contribution in [0.25, 0.3) is 0 Å². The number of carbonyl (C=O) groups is 2. The summed E-state index contributed by atoms with van der Waals surface area (Å²) in [5, 5.41) is 0. The fourth-order valence-electron chi connectivity index (χ4n) is 2.75. The molecule has 0 N–H and O–H groups in total. The van der Waals surface area contributed by atoms with E-state index in [4.69, 9.17) is 0 Å². The standard InChI is InChI=1S/C17H22N2O2/c1-4-18(5-2)15(14-9-7-6-8-10-14)12-19-16(20)11-13(3)17(19)21/h6-11,15H,4-5,12H2,1-3H3. The molecule has 0 aromatic heterocycles. The maximum absolute atomic E-state index is 12.1. The molecule has 0 saturated heterocycles. The molecule has 1 aromatic carbocycles. The number of benzene rings is 1. The number of carbonyl (C=O) groups excluding carboxylic acids is 2. The average molecular weight is 286 g/mol. The molecule has 0 saturated carbocycles. The molecule has 2 amide bonds. The molecule has 112 valence electrons. The van der Waals surface area contributed by atoms with Gasteiger partial charge in [0.05, 0.1) is 6.04 Å². The van der Waals surface area contributed by atoms with Crippen LogP contribution in [0.4, 0.5) is 0 Å². The van der Waals surface area contributed by atoms with Crippen molar-refractivity contribution in [1.29, 1.82) is 0 Å². The van der Waals surface area contributed by atoms with Gasteiger partial charge >= 0.3 is 0 Å². The van der Waals surface area contributed by atoms with E-state index >= 15 is 0 Å². The summed E-state index contributed by atoms with van der Waals surface area (Å²) in [6.45, 7) is 8.02. The quantitative estimate of drug-likeness (QED) is 0.754. The lowest BCUT2D eigenvalue weighted by Gasteiger charge is -2.32. The van der Waals surface area contributed by atoms with Gasteiger partial charge in [0.1, 0.15) is 0 Å². The summed E-state index contributed by atoms with van der Waals surface area (Å²) in [5.74, 6) is -0.376. The van der Waals surface area contributed by atoms with Crippen LogP contribution in [0.5, 0.6) is 0 Å². The molecule has 4 nitrogen and oxygen atoms in total. The minimum atomic E-state index is -0.203. The van der Waals surface area contributed by atoms with Gasteiger partial charge in [-0.05, 0) is 25.6 Å². The summed E-state index contributed by atoms with van der Waals surface area (Å²) in [7, 11) is 0. The summed E-state index contributed by atoms with van der Waals surface area (Å²) in [4.78, 5) is 27.7. The number of amides is 2. The smallest absolute Gasteiger partial charge is 0.256 e. The zero-order valence-corrected chi connectivity index (χ0v) is 12.9. The van der Waals surface area contributed by atoms with Crippen molar-refractivity contribution >= 4 is 11.8 Å². The molecule has 0 aliphatic carbocycles. The van der Waals surface area contributed by atoms with Crippen LogP contribution >= 0.6 is 0 Å². The molecule has 0 spiro atoms. The first kappa shape index (κ1) is 15.4. The second kappa shape index (κ2) is 6.68. The van der Waals surface area contributed by atoms with Gasteiger partial charge in [-0.25, -0.2) is 0 Å². The fraction of sp³-hybridized carbons (Fsp3) is 0.412. The third kappa shape index (κ3) is 3.22. The Morgan fingerprint density at radius 2 is 1.71 bits per heavy atom. The van der Waals surface area contributed by atoms with Crippen molar-refractivity contribution in [1.82, 2.24) is 9.80 Å². The average Bonchev–Trinajstić information content (AvgIpc) is 2.74. The predicted molar refractivity (Wildman–Crippen MR) is 82.6 cm³/mol. The van der Waals surface area contributed by atoms with Gasteiger partial charge in [-0.2, -0.15) is 0 Å². The third-order valence-corrected chi connectivity index (χ3v) is 3.98. The number of likely N-dealkylation sites (N-methyl/N-ethyl adjacent to an activating group) is 1. The second-order valence-corrected chi connectivity index (χ2v) is 5.23. The molecular formula is C17H22N2O2. The monoisotopic (exact) mass is 286 g/mol. The highest BCUT2D eigenvalue weighted by atomic mass is 16.2. The lowest BCUT2D eigenvalue weighted by Crippen LogP contribution is -2.41. The minimum Gasteiger partial charge on any atom is -0.295 e. The van der Waals surface area contributed by atoms with Crippen LogP contribution in [0.3, 0.4) is 0 Å². The van der Waals surface area contributed by atoms with Gasteiger partial charge < -0.3 is 0 Å². The third-order valence-electron chi connectivity index (χ3n) is 3.98. The van der Waals surface area contributed by atoms with Crippen molar-refractivity contribution in [3.63, 3.8) is 0 Å². The Bertz CT molecular complexity index is 547. The molecule has 0 bridgehead atoms. The first-order valence-corrected chi connectivity index (χ1v) is 7.41. The zero-order valence-electron chi connectivity index (χ0n) is 12.9. The van der Waals surface area contributed by atoms with E-state index in [-0.39, 0.29) is 17.9 Å². The first-order chi connectivity index (χ1) is 10.1. The Morgan fingerprint density at radius 3 is 2.19 bits per heavy atom. The number of imide groups is 1. The Kier molecular flexibility index (Phi) is 4.91. The van der Waals surface area contributed by atoms with E-state index in [0.717, 1.165) is 18.7 Å². The molecule has 21 heavy (non-hydrogen) atoms. The fourth-order valence-corrected chi connectivity index (χ4v) is 2.75. The number of hydrogen-bond donors (Lipinski definition) is 0. The zero-order chi connectivity index (χ0) is 15.4. The van der Waals surface area contributed by atoms with Crippen molar-refractivity contribution in [3.05, 3.63) is 47.5 Å². The van der Waals surface area contributed by atoms with E-state index in [2.05, 4.69) is 18.7 Å². The maximum Gasteiger partial charge on any atom is 0.256 e. The summed E-state index contributed by atoms with van der Waals surface area (Å²) in [6.07, 6.45) is 1.42. The normalized spacial score (nSPS) is 16.6. The highest BCUT2D eigenvalue weighted by molar-refractivity contribution is 6.15. The Labute approximate surface area is 126 Å². The number of hydrogen-bond acceptors (Lipinski definition) is 3. The maximum atomic E-state index is 12.1. The summed E-state index contributed by atoms with van der Waals surface area (Å²) >= 11 is 0. The van der Waals surface area contributed by atoms with Crippen molar-refractivity contribution in [2.24, 2.45) is 0 Å². The molecule has 1 aromatic rings. The summed E-state index contributed by atoms with van der Waals surface area (Å²) in [5.41, 5.74) is 1.65. The van der Waals surface area contributed by atoms with Crippen LogP contribution in [0.15, 0.2) is 42.0 Å². The minimum absolute atomic E-state index is 0.0356. The topological polar surface area (TPSA) is 40.6 Å². The van der Waals surface area contributed by atoms with Crippen molar-refractivity contribution in [2.75, 3.05) is 19.6 Å². The largest absolute Gasteiger partial charge is 0.295 e. The van der Waals surface area contributed by atoms with Gasteiger partial charge in [0.15, 0.2) is 0 Å². The van der Waals surface area contributed by atoms with Crippen LogP contribution in [0.1, 0.15) is 32.4 Å². The molecule has 1 aliphatic heterocycles. The van der Waals surface area contributed by atoms with Crippen LogP contribution < -0.4 is 0 Å². The predicted octanol–water partition coefficient (Wildman–Crippen LogP) is 2.38. The van der Waals surface area contributed by atoms with E-state index in [1.165, 1.54) is 11.0 Å². The van der Waals surface area contributed by atoms with E-state index in [9.17, 15) is 9.59 Å². The molecule has 1 atom stereocenters. The molecule has 0 fully saturated rings. The van der Waals surface area contributed by atoms with Crippen molar-refractivity contribution < 1.29 is 9.59 Å². The van der Waals surface area contributed by atoms with Gasteiger partial charge in [-0.1, -0.05) is 44.2 Å². The Balaban J connectivity index is 2.25. The lowest BCUT2D eigenvalue weighted by atomic mass is 10.0. The Hall–Kier alpha value is -1.94. The molecule has 0 radical (unpaired) electrons. The van der Waals surface area contributed by atoms with E-state index in [1.807, 2.05) is 30.3 Å². The van der Waals surface area contributed by atoms with Gasteiger partial charge in [-0.3, -0.25) is 19.4 Å². The summed E-state index contributed by atoms with van der Waals surface area (Å²) in [6, 6.07) is 10.1. The van der Waals surface area contributed by atoms with E-state index < -0.39 is 0 Å². The molecule has 1 aliphatic rings. The highest BCUT2D eigenvalue weighted by Gasteiger charge is 2.32.